The fraction of sp³-hybridized carbons (Fsp3) is 0.933. The molecule has 0 aromatic heterocycles. The number of carbonyl (C=O) groups is 2. The second kappa shape index (κ2) is 26.5. The van der Waals surface area contributed by atoms with Gasteiger partial charge in [-0.15, -0.1) is 0 Å². The van der Waals surface area contributed by atoms with Gasteiger partial charge in [0.25, 0.3) is 0 Å². The van der Waals surface area contributed by atoms with Crippen molar-refractivity contribution in [3.8, 4) is 0 Å². The number of carbonyl (C=O) groups excluding carboxylic acids is 1. The van der Waals surface area contributed by atoms with Crippen LogP contribution in [-0.2, 0) is 14.3 Å². The van der Waals surface area contributed by atoms with Crippen LogP contribution < -0.4 is 0 Å². The Morgan fingerprint density at radius 3 is 1.32 bits per heavy atom. The van der Waals surface area contributed by atoms with Gasteiger partial charge in [0, 0.05) is 12.8 Å². The van der Waals surface area contributed by atoms with Crippen molar-refractivity contribution in [1.82, 2.24) is 0 Å². The third-order valence-corrected chi connectivity index (χ3v) is 6.83. The molecule has 0 amide bonds. The van der Waals surface area contributed by atoms with Gasteiger partial charge in [0.2, 0.25) is 0 Å². The molecule has 0 aromatic carbocycles. The van der Waals surface area contributed by atoms with Crippen LogP contribution in [0.2, 0.25) is 0 Å². The molecule has 0 saturated heterocycles. The summed E-state index contributed by atoms with van der Waals surface area (Å²) in [6.07, 6.45) is 28.2. The Kier molecular flexibility index (Phi) is 25.7. The van der Waals surface area contributed by atoms with Crippen LogP contribution in [0, 0.1) is 0 Å². The normalized spacial score (nSPS) is 12.1. The number of carboxylic acid groups (broad SMARTS) is 1. The van der Waals surface area contributed by atoms with E-state index in [0.29, 0.717) is 12.8 Å². The average Bonchev–Trinajstić information content (AvgIpc) is 2.81. The summed E-state index contributed by atoms with van der Waals surface area (Å²) in [4.78, 5) is 23.1. The van der Waals surface area contributed by atoms with Crippen molar-refractivity contribution in [2.75, 3.05) is 0 Å². The van der Waals surface area contributed by atoms with E-state index in [-0.39, 0.29) is 18.5 Å². The van der Waals surface area contributed by atoms with Gasteiger partial charge in [0.1, 0.15) is 6.10 Å². The topological polar surface area (TPSA) is 63.6 Å². The summed E-state index contributed by atoms with van der Waals surface area (Å²) in [6.45, 7) is 4.50. The molecule has 0 heterocycles. The summed E-state index contributed by atoms with van der Waals surface area (Å²) in [5.41, 5.74) is 0. The maximum atomic E-state index is 12.4. The lowest BCUT2D eigenvalue weighted by Crippen LogP contribution is -2.18. The molecule has 0 spiro atoms. The van der Waals surface area contributed by atoms with Crippen molar-refractivity contribution < 1.29 is 19.4 Å². The van der Waals surface area contributed by atoms with Crippen LogP contribution in [0.1, 0.15) is 174 Å². The molecule has 1 N–H and O–H groups in total. The van der Waals surface area contributed by atoms with Crippen LogP contribution in [0.3, 0.4) is 0 Å². The van der Waals surface area contributed by atoms with E-state index < -0.39 is 5.97 Å². The largest absolute Gasteiger partial charge is 0.481 e. The van der Waals surface area contributed by atoms with Gasteiger partial charge in [-0.3, -0.25) is 9.59 Å². The van der Waals surface area contributed by atoms with Crippen molar-refractivity contribution >= 4 is 11.9 Å². The Morgan fingerprint density at radius 2 is 0.882 bits per heavy atom. The molecular weight excluding hydrogens is 424 g/mol. The maximum absolute atomic E-state index is 12.4. The molecule has 0 aliphatic rings. The van der Waals surface area contributed by atoms with Crippen LogP contribution in [0.5, 0.6) is 0 Å². The minimum atomic E-state index is -0.724. The molecule has 0 aromatic rings. The minimum Gasteiger partial charge on any atom is -0.481 e. The first kappa shape index (κ1) is 32.9. The first-order valence-corrected chi connectivity index (χ1v) is 15.0. The standard InChI is InChI=1S/C30H58O4/c1-3-5-7-9-11-12-13-14-16-18-23-27-30(33)34-28(25-21-19-22-26-29(31)32)24-20-17-15-10-8-6-4-2/h28H,3-27H2,1-2H3,(H,31,32). The minimum absolute atomic E-state index is 0.0145. The predicted molar refractivity (Wildman–Crippen MR) is 144 cm³/mol. The zero-order valence-corrected chi connectivity index (χ0v) is 22.9. The summed E-state index contributed by atoms with van der Waals surface area (Å²) in [7, 11) is 0. The van der Waals surface area contributed by atoms with Gasteiger partial charge >= 0.3 is 11.9 Å². The molecule has 34 heavy (non-hydrogen) atoms. The lowest BCUT2D eigenvalue weighted by Gasteiger charge is -2.18. The van der Waals surface area contributed by atoms with Gasteiger partial charge in [-0.25, -0.2) is 0 Å². The fourth-order valence-electron chi connectivity index (χ4n) is 4.59. The smallest absolute Gasteiger partial charge is 0.306 e. The van der Waals surface area contributed by atoms with Crippen molar-refractivity contribution in [2.24, 2.45) is 0 Å². The van der Waals surface area contributed by atoms with Gasteiger partial charge in [-0.2, -0.15) is 0 Å². The highest BCUT2D eigenvalue weighted by Gasteiger charge is 2.14. The summed E-state index contributed by atoms with van der Waals surface area (Å²) >= 11 is 0. The quantitative estimate of drug-likeness (QED) is 0.0934. The van der Waals surface area contributed by atoms with Crippen LogP contribution in [0.4, 0.5) is 0 Å². The molecule has 0 aliphatic heterocycles. The Balaban J connectivity index is 3.94. The van der Waals surface area contributed by atoms with Gasteiger partial charge in [-0.05, 0) is 38.5 Å². The van der Waals surface area contributed by atoms with E-state index in [4.69, 9.17) is 9.84 Å². The van der Waals surface area contributed by atoms with Crippen LogP contribution in [0.25, 0.3) is 0 Å². The average molecular weight is 483 g/mol. The third kappa shape index (κ3) is 25.6. The number of unbranched alkanes of at least 4 members (excludes halogenated alkanes) is 18. The van der Waals surface area contributed by atoms with Crippen molar-refractivity contribution in [1.29, 1.82) is 0 Å². The molecule has 4 nitrogen and oxygen atoms in total. The lowest BCUT2D eigenvalue weighted by molar-refractivity contribution is -0.150. The van der Waals surface area contributed by atoms with E-state index in [1.165, 1.54) is 96.3 Å². The molecule has 0 saturated carbocycles. The van der Waals surface area contributed by atoms with E-state index in [1.807, 2.05) is 0 Å². The first-order valence-electron chi connectivity index (χ1n) is 15.0. The highest BCUT2D eigenvalue weighted by molar-refractivity contribution is 5.69. The second-order valence-electron chi connectivity index (χ2n) is 10.3. The second-order valence-corrected chi connectivity index (χ2v) is 10.3. The van der Waals surface area contributed by atoms with Crippen LogP contribution in [-0.4, -0.2) is 23.1 Å². The van der Waals surface area contributed by atoms with Crippen molar-refractivity contribution in [3.05, 3.63) is 0 Å². The predicted octanol–water partition coefficient (Wildman–Crippen LogP) is 9.78. The number of rotatable bonds is 27. The molecule has 1 atom stereocenters. The number of carboxylic acids is 1. The van der Waals surface area contributed by atoms with Gasteiger partial charge in [0.05, 0.1) is 0 Å². The van der Waals surface area contributed by atoms with Crippen molar-refractivity contribution in [2.45, 2.75) is 180 Å². The first-order chi connectivity index (χ1) is 16.6. The fourth-order valence-corrected chi connectivity index (χ4v) is 4.59. The van der Waals surface area contributed by atoms with E-state index >= 15 is 0 Å². The number of ether oxygens (including phenoxy) is 1. The highest BCUT2D eigenvalue weighted by atomic mass is 16.5. The highest BCUT2D eigenvalue weighted by Crippen LogP contribution is 2.18. The molecular formula is C30H58O4. The molecule has 4 heteroatoms. The Hall–Kier alpha value is -1.06. The van der Waals surface area contributed by atoms with E-state index in [0.717, 1.165) is 44.9 Å². The zero-order valence-electron chi connectivity index (χ0n) is 22.9. The maximum Gasteiger partial charge on any atom is 0.306 e. The number of hydrogen-bond donors (Lipinski definition) is 1. The molecule has 0 radical (unpaired) electrons. The Morgan fingerprint density at radius 1 is 0.529 bits per heavy atom. The number of aliphatic carboxylic acids is 1. The lowest BCUT2D eigenvalue weighted by atomic mass is 10.0. The summed E-state index contributed by atoms with van der Waals surface area (Å²) in [5, 5.41) is 8.80. The molecule has 0 rings (SSSR count). The molecule has 1 unspecified atom stereocenters. The Labute approximate surface area is 212 Å². The number of esters is 1. The molecule has 0 aliphatic carbocycles. The number of hydrogen-bond acceptors (Lipinski definition) is 3. The Bertz CT molecular complexity index is 449. The van der Waals surface area contributed by atoms with Gasteiger partial charge in [0.15, 0.2) is 0 Å². The third-order valence-electron chi connectivity index (χ3n) is 6.83. The monoisotopic (exact) mass is 482 g/mol. The van der Waals surface area contributed by atoms with E-state index in [9.17, 15) is 9.59 Å². The molecule has 0 fully saturated rings. The summed E-state index contributed by atoms with van der Waals surface area (Å²) in [6, 6.07) is 0. The summed E-state index contributed by atoms with van der Waals surface area (Å²) < 4.78 is 5.86. The van der Waals surface area contributed by atoms with Gasteiger partial charge in [-0.1, -0.05) is 123 Å². The van der Waals surface area contributed by atoms with E-state index in [1.54, 1.807) is 0 Å². The zero-order chi connectivity index (χ0) is 25.1. The molecule has 0 bridgehead atoms. The van der Waals surface area contributed by atoms with E-state index in [2.05, 4.69) is 13.8 Å². The summed E-state index contributed by atoms with van der Waals surface area (Å²) in [5.74, 6) is -0.757. The van der Waals surface area contributed by atoms with Crippen LogP contribution in [0.15, 0.2) is 0 Å². The van der Waals surface area contributed by atoms with Crippen molar-refractivity contribution in [3.63, 3.8) is 0 Å². The SMILES string of the molecule is CCCCCCCCCCCCCC(=O)OC(CCCCCCCCC)CCCCCC(=O)O. The molecule has 202 valence electrons. The van der Waals surface area contributed by atoms with Gasteiger partial charge < -0.3 is 9.84 Å². The van der Waals surface area contributed by atoms with Crippen LogP contribution >= 0.6 is 0 Å².